The Bertz CT molecular complexity index is 531. The largest absolute Gasteiger partial charge is 0.324 e. The molecule has 0 saturated heterocycles. The van der Waals surface area contributed by atoms with Crippen LogP contribution >= 0.6 is 0 Å². The molecule has 1 aromatic carbocycles. The van der Waals surface area contributed by atoms with Crippen molar-refractivity contribution in [3.63, 3.8) is 0 Å². The molecule has 0 aliphatic heterocycles. The van der Waals surface area contributed by atoms with Gasteiger partial charge in [0, 0.05) is 24.5 Å². The van der Waals surface area contributed by atoms with E-state index in [-0.39, 0.29) is 5.54 Å². The van der Waals surface area contributed by atoms with E-state index in [1.54, 1.807) is 0 Å². The van der Waals surface area contributed by atoms with E-state index in [0.29, 0.717) is 0 Å². The summed E-state index contributed by atoms with van der Waals surface area (Å²) in [4.78, 5) is 0. The molecule has 3 heteroatoms. The Morgan fingerprint density at radius 3 is 2.44 bits per heavy atom. The smallest absolute Gasteiger partial charge is 0.0492 e. The Kier molecular flexibility index (Phi) is 2.71. The summed E-state index contributed by atoms with van der Waals surface area (Å²) in [7, 11) is 1.99. The number of benzene rings is 1. The van der Waals surface area contributed by atoms with E-state index in [2.05, 4.69) is 35.4 Å². The van der Waals surface area contributed by atoms with Crippen molar-refractivity contribution >= 4 is 0 Å². The van der Waals surface area contributed by atoms with Gasteiger partial charge in [-0.2, -0.15) is 5.10 Å². The van der Waals surface area contributed by atoms with E-state index in [1.807, 2.05) is 17.9 Å². The maximum Gasteiger partial charge on any atom is 0.0492 e. The maximum absolute atomic E-state index is 6.55. The Balaban J connectivity index is 1.70. The molecule has 0 saturated carbocycles. The molecule has 3 nitrogen and oxygen atoms in total. The van der Waals surface area contributed by atoms with Crippen LogP contribution in [0, 0.1) is 0 Å². The first-order valence-corrected chi connectivity index (χ1v) is 6.49. The fourth-order valence-corrected chi connectivity index (χ4v) is 2.92. The summed E-state index contributed by atoms with van der Waals surface area (Å²) in [5, 5.41) is 4.20. The molecule has 0 unspecified atom stereocenters. The molecule has 1 heterocycles. The molecule has 0 fully saturated rings. The summed E-state index contributed by atoms with van der Waals surface area (Å²) < 4.78 is 1.94. The highest BCUT2D eigenvalue weighted by Gasteiger charge is 2.32. The zero-order chi connectivity index (χ0) is 12.6. The lowest BCUT2D eigenvalue weighted by atomic mass is 9.90. The molecule has 94 valence electrons. The lowest BCUT2D eigenvalue weighted by molar-refractivity contribution is 0.409. The summed E-state index contributed by atoms with van der Waals surface area (Å²) in [6.07, 6.45) is 5.87. The highest BCUT2D eigenvalue weighted by Crippen LogP contribution is 2.31. The van der Waals surface area contributed by atoms with E-state index < -0.39 is 0 Å². The fraction of sp³-hybridized carbons (Fsp3) is 0.400. The van der Waals surface area contributed by atoms with Crippen LogP contribution < -0.4 is 5.73 Å². The minimum atomic E-state index is -0.0754. The van der Waals surface area contributed by atoms with Crippen LogP contribution in [0.25, 0.3) is 0 Å². The molecular weight excluding hydrogens is 222 g/mol. The number of nitrogens with zero attached hydrogens (tertiary/aromatic N) is 2. The number of hydrogen-bond acceptors (Lipinski definition) is 2. The Hall–Kier alpha value is -1.61. The molecule has 1 aromatic heterocycles. The number of aryl methyl sites for hydroxylation is 2. The van der Waals surface area contributed by atoms with E-state index in [9.17, 15) is 0 Å². The van der Waals surface area contributed by atoms with Gasteiger partial charge in [-0.3, -0.25) is 4.68 Å². The molecular formula is C15H19N3. The van der Waals surface area contributed by atoms with E-state index in [0.717, 1.165) is 25.7 Å². The zero-order valence-electron chi connectivity index (χ0n) is 10.8. The van der Waals surface area contributed by atoms with Gasteiger partial charge < -0.3 is 5.73 Å². The number of aromatic nitrogens is 2. The lowest BCUT2D eigenvalue weighted by Crippen LogP contribution is -2.41. The third kappa shape index (κ3) is 2.06. The van der Waals surface area contributed by atoms with Crippen LogP contribution in [0.15, 0.2) is 36.5 Å². The maximum atomic E-state index is 6.55. The normalized spacial score (nSPS) is 16.8. The second-order valence-electron chi connectivity index (χ2n) is 5.43. The van der Waals surface area contributed by atoms with Gasteiger partial charge in [-0.15, -0.1) is 0 Å². The van der Waals surface area contributed by atoms with Crippen LogP contribution in [0.5, 0.6) is 0 Å². The quantitative estimate of drug-likeness (QED) is 0.891. The first kappa shape index (κ1) is 11.5. The summed E-state index contributed by atoms with van der Waals surface area (Å²) in [6, 6.07) is 10.7. The summed E-state index contributed by atoms with van der Waals surface area (Å²) in [5.74, 6) is 0. The molecule has 0 amide bonds. The van der Waals surface area contributed by atoms with Gasteiger partial charge in [0.2, 0.25) is 0 Å². The van der Waals surface area contributed by atoms with Crippen molar-refractivity contribution in [2.24, 2.45) is 12.8 Å². The predicted octanol–water partition coefficient (Wildman–Crippen LogP) is 1.85. The van der Waals surface area contributed by atoms with Gasteiger partial charge in [-0.25, -0.2) is 0 Å². The monoisotopic (exact) mass is 241 g/mol. The number of nitrogens with two attached hydrogens (primary N) is 1. The summed E-state index contributed by atoms with van der Waals surface area (Å²) >= 11 is 0. The minimum Gasteiger partial charge on any atom is -0.324 e. The Morgan fingerprint density at radius 2 is 1.89 bits per heavy atom. The van der Waals surface area contributed by atoms with E-state index in [1.165, 1.54) is 16.8 Å². The molecule has 2 aromatic rings. The zero-order valence-corrected chi connectivity index (χ0v) is 10.8. The average molecular weight is 241 g/mol. The van der Waals surface area contributed by atoms with Gasteiger partial charge in [0.15, 0.2) is 0 Å². The number of hydrogen-bond donors (Lipinski definition) is 1. The predicted molar refractivity (Wildman–Crippen MR) is 72.3 cm³/mol. The minimum absolute atomic E-state index is 0.0754. The van der Waals surface area contributed by atoms with Gasteiger partial charge in [-0.1, -0.05) is 24.3 Å². The van der Waals surface area contributed by atoms with Crippen molar-refractivity contribution in [2.45, 2.75) is 31.2 Å². The van der Waals surface area contributed by atoms with Crippen molar-refractivity contribution in [3.8, 4) is 0 Å². The van der Waals surface area contributed by atoms with Gasteiger partial charge in [-0.05, 0) is 42.9 Å². The molecule has 2 N–H and O–H groups in total. The van der Waals surface area contributed by atoms with E-state index >= 15 is 0 Å². The van der Waals surface area contributed by atoms with Gasteiger partial charge >= 0.3 is 0 Å². The fourth-order valence-electron chi connectivity index (χ4n) is 2.92. The molecule has 0 radical (unpaired) electrons. The molecule has 0 bridgehead atoms. The second-order valence-corrected chi connectivity index (χ2v) is 5.43. The van der Waals surface area contributed by atoms with Crippen molar-refractivity contribution in [2.75, 3.05) is 0 Å². The Morgan fingerprint density at radius 1 is 1.22 bits per heavy atom. The standard InChI is InChI=1S/C15H19N3/c1-18-14(7-9-17-18)6-8-15(16)10-12-4-2-3-5-13(12)11-15/h2-5,7,9H,6,8,10-11,16H2,1H3. The third-order valence-electron chi connectivity index (χ3n) is 4.00. The SMILES string of the molecule is Cn1nccc1CCC1(N)Cc2ccccc2C1. The summed E-state index contributed by atoms with van der Waals surface area (Å²) in [6.45, 7) is 0. The molecule has 18 heavy (non-hydrogen) atoms. The van der Waals surface area contributed by atoms with E-state index in [4.69, 9.17) is 5.73 Å². The molecule has 1 aliphatic rings. The number of rotatable bonds is 3. The second kappa shape index (κ2) is 4.25. The van der Waals surface area contributed by atoms with Crippen LogP contribution in [0.3, 0.4) is 0 Å². The average Bonchev–Trinajstić information content (AvgIpc) is 2.89. The van der Waals surface area contributed by atoms with Crippen LogP contribution in [0.2, 0.25) is 0 Å². The van der Waals surface area contributed by atoms with Crippen LogP contribution in [-0.2, 0) is 26.3 Å². The summed E-state index contributed by atoms with van der Waals surface area (Å²) in [5.41, 5.74) is 10.6. The molecule has 0 atom stereocenters. The highest BCUT2D eigenvalue weighted by atomic mass is 15.2. The van der Waals surface area contributed by atoms with Crippen LogP contribution in [0.4, 0.5) is 0 Å². The molecule has 0 spiro atoms. The highest BCUT2D eigenvalue weighted by molar-refractivity contribution is 5.36. The molecule has 3 rings (SSSR count). The Labute approximate surface area is 108 Å². The first-order valence-electron chi connectivity index (χ1n) is 6.49. The van der Waals surface area contributed by atoms with Crippen molar-refractivity contribution in [1.82, 2.24) is 9.78 Å². The van der Waals surface area contributed by atoms with Crippen LogP contribution in [0.1, 0.15) is 23.2 Å². The van der Waals surface area contributed by atoms with Gasteiger partial charge in [0.1, 0.15) is 0 Å². The van der Waals surface area contributed by atoms with Crippen LogP contribution in [-0.4, -0.2) is 15.3 Å². The van der Waals surface area contributed by atoms with Gasteiger partial charge in [0.05, 0.1) is 0 Å². The van der Waals surface area contributed by atoms with Crippen molar-refractivity contribution in [1.29, 1.82) is 0 Å². The van der Waals surface area contributed by atoms with Gasteiger partial charge in [0.25, 0.3) is 0 Å². The van der Waals surface area contributed by atoms with Crippen molar-refractivity contribution < 1.29 is 0 Å². The van der Waals surface area contributed by atoms with Crippen molar-refractivity contribution in [3.05, 3.63) is 53.3 Å². The third-order valence-corrected chi connectivity index (χ3v) is 4.00. The first-order chi connectivity index (χ1) is 8.66. The topological polar surface area (TPSA) is 43.8 Å². The molecule has 1 aliphatic carbocycles. The lowest BCUT2D eigenvalue weighted by Gasteiger charge is -2.23. The number of fused-ring (bicyclic) bond motifs is 1.